The van der Waals surface area contributed by atoms with E-state index in [0.29, 0.717) is 23.6 Å². The highest BCUT2D eigenvalue weighted by atomic mass is 32.1. The van der Waals surface area contributed by atoms with E-state index in [1.54, 1.807) is 23.8 Å². The molecule has 2 aliphatic heterocycles. The zero-order chi connectivity index (χ0) is 25.9. The second-order valence-electron chi connectivity index (χ2n) is 11.4. The molecule has 1 aromatic carbocycles. The zero-order valence-corrected chi connectivity index (χ0v) is 23.1. The molecular formula is C30H34N6OS. The number of rotatable bonds is 4. The van der Waals surface area contributed by atoms with E-state index in [-0.39, 0.29) is 6.04 Å². The molecular weight excluding hydrogens is 492 g/mol. The van der Waals surface area contributed by atoms with Crippen molar-refractivity contribution in [2.45, 2.75) is 71.3 Å². The number of aryl methyl sites for hydroxylation is 2. The predicted molar refractivity (Wildman–Crippen MR) is 150 cm³/mol. The number of thiophene rings is 1. The lowest BCUT2D eigenvalue weighted by Gasteiger charge is -2.37. The first kappa shape index (κ1) is 24.0. The predicted octanol–water partition coefficient (Wildman–Crippen LogP) is 6.01. The molecule has 0 amide bonds. The van der Waals surface area contributed by atoms with Gasteiger partial charge in [-0.1, -0.05) is 24.3 Å². The highest BCUT2D eigenvalue weighted by molar-refractivity contribution is 7.15. The van der Waals surface area contributed by atoms with Gasteiger partial charge in [-0.15, -0.1) is 21.5 Å². The largest absolute Gasteiger partial charge is 0.449 e. The van der Waals surface area contributed by atoms with Crippen molar-refractivity contribution in [1.82, 2.24) is 25.1 Å². The van der Waals surface area contributed by atoms with Gasteiger partial charge in [-0.25, -0.2) is 4.98 Å². The molecule has 196 valence electrons. The summed E-state index contributed by atoms with van der Waals surface area (Å²) >= 11 is 1.79. The second-order valence-corrected chi connectivity index (χ2v) is 12.6. The molecule has 1 unspecified atom stereocenters. The first-order chi connectivity index (χ1) is 18.5. The van der Waals surface area contributed by atoms with Crippen LogP contribution in [0.25, 0.3) is 5.00 Å². The van der Waals surface area contributed by atoms with Gasteiger partial charge in [0.1, 0.15) is 23.1 Å². The van der Waals surface area contributed by atoms with Gasteiger partial charge in [0.05, 0.1) is 18.3 Å². The van der Waals surface area contributed by atoms with Gasteiger partial charge in [0.2, 0.25) is 0 Å². The van der Waals surface area contributed by atoms with Crippen LogP contribution >= 0.6 is 11.3 Å². The third-order valence-corrected chi connectivity index (χ3v) is 10.3. The van der Waals surface area contributed by atoms with Crippen LogP contribution in [0.2, 0.25) is 0 Å². The van der Waals surface area contributed by atoms with Crippen molar-refractivity contribution in [2.75, 3.05) is 13.1 Å². The van der Waals surface area contributed by atoms with E-state index in [4.69, 9.17) is 9.41 Å². The molecule has 8 heteroatoms. The Morgan fingerprint density at radius 1 is 1.08 bits per heavy atom. The van der Waals surface area contributed by atoms with Crippen LogP contribution in [0.15, 0.2) is 46.1 Å². The number of oxazole rings is 1. The quantitative estimate of drug-likeness (QED) is 0.352. The summed E-state index contributed by atoms with van der Waals surface area (Å²) in [6.07, 6.45) is 10.5. The molecule has 1 aliphatic carbocycles. The van der Waals surface area contributed by atoms with E-state index in [9.17, 15) is 0 Å². The first-order valence-corrected chi connectivity index (χ1v) is 14.6. The van der Waals surface area contributed by atoms with Crippen LogP contribution in [0.1, 0.15) is 88.7 Å². The third-order valence-electron chi connectivity index (χ3n) is 9.12. The fourth-order valence-corrected chi connectivity index (χ4v) is 7.96. The SMILES string of the molecule is Cc1sc2c(c1C)C(c1ccc(C3CCC4(CCNC4)CC3)cc1)=NC(Cc1ncco1)c1nnc(C)n1-2. The lowest BCUT2D eigenvalue weighted by Crippen LogP contribution is -2.29. The summed E-state index contributed by atoms with van der Waals surface area (Å²) in [4.78, 5) is 11.0. The Balaban J connectivity index is 1.26. The number of nitrogens with one attached hydrogen (secondary N) is 1. The van der Waals surface area contributed by atoms with Crippen molar-refractivity contribution in [3.8, 4) is 5.00 Å². The molecule has 38 heavy (non-hydrogen) atoms. The van der Waals surface area contributed by atoms with Gasteiger partial charge >= 0.3 is 0 Å². The molecule has 1 spiro atoms. The standard InChI is InChI=1S/C30H34N6OS/c1-18-19(2)38-29-26(18)27(33-24(16-25-32-14-15-37-25)28-35-34-20(3)36(28)29)23-6-4-21(5-7-23)22-8-10-30(11-9-22)12-13-31-17-30/h4-7,14-15,22,24,31H,8-13,16-17H2,1-3H3. The van der Waals surface area contributed by atoms with Crippen molar-refractivity contribution in [1.29, 1.82) is 0 Å². The van der Waals surface area contributed by atoms with E-state index in [0.717, 1.165) is 27.9 Å². The molecule has 2 fully saturated rings. The number of fused-ring (bicyclic) bond motifs is 3. The molecule has 1 saturated heterocycles. The summed E-state index contributed by atoms with van der Waals surface area (Å²) in [5.41, 5.74) is 6.66. The maximum Gasteiger partial charge on any atom is 0.196 e. The van der Waals surface area contributed by atoms with Gasteiger partial charge in [-0.3, -0.25) is 9.56 Å². The summed E-state index contributed by atoms with van der Waals surface area (Å²) in [6.45, 7) is 8.81. The number of aliphatic imine (C=N–C) groups is 1. The Hall–Kier alpha value is -3.10. The lowest BCUT2D eigenvalue weighted by atomic mass is 9.68. The molecule has 0 radical (unpaired) electrons. The van der Waals surface area contributed by atoms with Gasteiger partial charge in [-0.05, 0) is 81.9 Å². The minimum atomic E-state index is -0.238. The minimum Gasteiger partial charge on any atom is -0.449 e. The normalized spacial score (nSPS) is 24.8. The summed E-state index contributed by atoms with van der Waals surface area (Å²) in [6, 6.07) is 9.03. The Labute approximate surface area is 227 Å². The van der Waals surface area contributed by atoms with E-state index in [1.165, 1.54) is 66.8 Å². The third kappa shape index (κ3) is 3.96. The smallest absolute Gasteiger partial charge is 0.196 e. The molecule has 3 aliphatic rings. The van der Waals surface area contributed by atoms with Crippen LogP contribution in [-0.2, 0) is 6.42 Å². The molecule has 1 saturated carbocycles. The highest BCUT2D eigenvalue weighted by Crippen LogP contribution is 2.46. The first-order valence-electron chi connectivity index (χ1n) is 13.8. The Morgan fingerprint density at radius 2 is 1.89 bits per heavy atom. The van der Waals surface area contributed by atoms with Gasteiger partial charge in [-0.2, -0.15) is 0 Å². The molecule has 5 heterocycles. The molecule has 1 N–H and O–H groups in total. The van der Waals surface area contributed by atoms with Crippen LogP contribution in [-0.4, -0.2) is 38.5 Å². The highest BCUT2D eigenvalue weighted by Gasteiger charge is 2.38. The molecule has 0 bridgehead atoms. The van der Waals surface area contributed by atoms with Crippen molar-refractivity contribution in [2.24, 2.45) is 10.4 Å². The number of benzene rings is 1. The Kier molecular flexibility index (Phi) is 5.85. The molecule has 7 rings (SSSR count). The summed E-state index contributed by atoms with van der Waals surface area (Å²) in [5.74, 6) is 3.03. The fourth-order valence-electron chi connectivity index (χ4n) is 6.74. The van der Waals surface area contributed by atoms with E-state index < -0.39 is 0 Å². The van der Waals surface area contributed by atoms with E-state index in [1.807, 2.05) is 6.92 Å². The maximum atomic E-state index is 5.62. The average molecular weight is 527 g/mol. The number of hydrogen-bond acceptors (Lipinski definition) is 7. The summed E-state index contributed by atoms with van der Waals surface area (Å²) < 4.78 is 7.81. The number of nitrogens with zero attached hydrogens (tertiary/aromatic N) is 5. The van der Waals surface area contributed by atoms with Gasteiger partial charge in [0.25, 0.3) is 0 Å². The van der Waals surface area contributed by atoms with E-state index >= 15 is 0 Å². The van der Waals surface area contributed by atoms with Crippen molar-refractivity contribution in [3.63, 3.8) is 0 Å². The average Bonchev–Trinajstić information content (AvgIpc) is 3.72. The summed E-state index contributed by atoms with van der Waals surface area (Å²) in [5, 5.41) is 13.8. The van der Waals surface area contributed by atoms with Crippen LogP contribution in [0, 0.1) is 26.2 Å². The number of aromatic nitrogens is 4. The van der Waals surface area contributed by atoms with Crippen molar-refractivity contribution in [3.05, 3.63) is 81.4 Å². The second kappa shape index (κ2) is 9.27. The topological polar surface area (TPSA) is 81.1 Å². The van der Waals surface area contributed by atoms with Crippen molar-refractivity contribution >= 4 is 17.0 Å². The number of hydrogen-bond donors (Lipinski definition) is 1. The van der Waals surface area contributed by atoms with Crippen LogP contribution in [0.4, 0.5) is 0 Å². The van der Waals surface area contributed by atoms with Gasteiger partial charge in [0.15, 0.2) is 11.7 Å². The van der Waals surface area contributed by atoms with Gasteiger partial charge < -0.3 is 9.73 Å². The maximum absolute atomic E-state index is 5.62. The minimum absolute atomic E-state index is 0.238. The molecule has 1 atom stereocenters. The zero-order valence-electron chi connectivity index (χ0n) is 22.3. The van der Waals surface area contributed by atoms with Gasteiger partial charge in [0, 0.05) is 22.5 Å². The molecule has 3 aromatic heterocycles. The molecule has 4 aromatic rings. The van der Waals surface area contributed by atoms with Crippen LogP contribution in [0.3, 0.4) is 0 Å². The Bertz CT molecular complexity index is 1480. The van der Waals surface area contributed by atoms with E-state index in [2.05, 4.69) is 63.2 Å². The monoisotopic (exact) mass is 526 g/mol. The molecule has 7 nitrogen and oxygen atoms in total. The Morgan fingerprint density at radius 3 is 2.61 bits per heavy atom. The van der Waals surface area contributed by atoms with Crippen LogP contribution in [0.5, 0.6) is 0 Å². The fraction of sp³-hybridized carbons (Fsp3) is 0.467. The van der Waals surface area contributed by atoms with Crippen LogP contribution < -0.4 is 5.32 Å². The lowest BCUT2D eigenvalue weighted by molar-refractivity contribution is 0.199. The van der Waals surface area contributed by atoms with Crippen molar-refractivity contribution < 1.29 is 4.42 Å². The summed E-state index contributed by atoms with van der Waals surface area (Å²) in [7, 11) is 0.